The van der Waals surface area contributed by atoms with Gasteiger partial charge in [0.1, 0.15) is 0 Å². The predicted octanol–water partition coefficient (Wildman–Crippen LogP) is 5.80. The van der Waals surface area contributed by atoms with Gasteiger partial charge in [-0.2, -0.15) is 0 Å². The van der Waals surface area contributed by atoms with E-state index in [9.17, 15) is 0 Å². The molecule has 35 heavy (non-hydrogen) atoms. The summed E-state index contributed by atoms with van der Waals surface area (Å²) in [5.41, 5.74) is 11.4. The number of nitrogens with two attached hydrogens (primary N) is 2. The van der Waals surface area contributed by atoms with Gasteiger partial charge < -0.3 is 35.0 Å². The molecule has 2 aromatic carbocycles. The smallest absolute Gasteiger partial charge is 0.484 e. The highest BCUT2D eigenvalue weighted by atomic mass is 32.1. The maximum absolute atomic E-state index is 7.56. The molecule has 0 unspecified atom stereocenters. The lowest BCUT2D eigenvalue weighted by molar-refractivity contribution is 0.107. The van der Waals surface area contributed by atoms with Crippen LogP contribution in [0.3, 0.4) is 0 Å². The van der Waals surface area contributed by atoms with Crippen LogP contribution in [0.2, 0.25) is 0 Å². The summed E-state index contributed by atoms with van der Waals surface area (Å²) in [6, 6.07) is 20.5. The second-order valence-electron chi connectivity index (χ2n) is 6.35. The number of rotatable bonds is 6. The molecule has 6 N–H and O–H groups in total. The summed E-state index contributed by atoms with van der Waals surface area (Å²) >= 11 is 7.74. The van der Waals surface area contributed by atoms with E-state index in [1.165, 1.54) is 17.5 Å². The zero-order chi connectivity index (χ0) is 27.9. The van der Waals surface area contributed by atoms with Crippen LogP contribution in [-0.4, -0.2) is 49.9 Å². The first-order valence-electron chi connectivity index (χ1n) is 11.4. The van der Waals surface area contributed by atoms with E-state index in [4.69, 9.17) is 23.5 Å². The van der Waals surface area contributed by atoms with Crippen LogP contribution >= 0.6 is 24.4 Å². The van der Waals surface area contributed by atoms with Crippen molar-refractivity contribution in [1.29, 1.82) is 0 Å². The second kappa shape index (κ2) is 34.1. The molecule has 0 amide bonds. The normalized spacial score (nSPS) is 8.46. The number of hydrogen-bond donors (Lipinski definition) is 4. The average molecular weight is 547 g/mol. The third kappa shape index (κ3) is 54.4. The number of aliphatic hydroxyl groups excluding tert-OH is 2. The zero-order valence-electron chi connectivity index (χ0n) is 22.3. The monoisotopic (exact) mass is 546 g/mol. The Morgan fingerprint density at radius 1 is 0.657 bits per heavy atom. The van der Waals surface area contributed by atoms with E-state index in [1.54, 1.807) is 0 Å². The summed E-state index contributed by atoms with van der Waals surface area (Å²) in [6.45, 7) is 16.3. The molecule has 0 saturated heterocycles. The summed E-state index contributed by atoms with van der Waals surface area (Å²) in [4.78, 5) is 0. The van der Waals surface area contributed by atoms with Crippen LogP contribution in [0.1, 0.15) is 52.2 Å². The number of aliphatic hydroxyl groups is 2. The summed E-state index contributed by atoms with van der Waals surface area (Å²) in [5.74, 6) is 0. The van der Waals surface area contributed by atoms with Crippen LogP contribution in [0.15, 0.2) is 60.7 Å². The van der Waals surface area contributed by atoms with Crippen LogP contribution in [0.4, 0.5) is 0 Å². The summed E-state index contributed by atoms with van der Waals surface area (Å²) in [5, 5.41) is 14.1. The third-order valence-electron chi connectivity index (χ3n) is 2.79. The molecule has 10 heteroatoms. The number of hydrogen-bond acceptors (Lipinski definition) is 5. The lowest BCUT2D eigenvalue weighted by Crippen LogP contribution is -2.27. The van der Waals surface area contributed by atoms with Crippen molar-refractivity contribution in [2.45, 2.75) is 54.9 Å². The molecule has 0 heterocycles. The number of aryl methyl sites for hydroxylation is 2. The summed E-state index contributed by atoms with van der Waals surface area (Å²) < 4.78 is 15.7. The lowest BCUT2D eigenvalue weighted by atomic mass is 10.2. The molecule has 202 valence electrons. The summed E-state index contributed by atoms with van der Waals surface area (Å²) in [7, 11) is -1.73. The highest BCUT2D eigenvalue weighted by Gasteiger charge is 2.11. The van der Waals surface area contributed by atoms with Crippen LogP contribution < -0.4 is 11.5 Å². The van der Waals surface area contributed by atoms with Gasteiger partial charge in [-0.25, -0.2) is 0 Å². The van der Waals surface area contributed by atoms with Gasteiger partial charge in [0.15, 0.2) is 0 Å². The van der Waals surface area contributed by atoms with Gasteiger partial charge in [-0.05, 0) is 59.1 Å². The van der Waals surface area contributed by atoms with Crippen molar-refractivity contribution < 1.29 is 23.5 Å². The standard InChI is InChI=1S/2C7H8.C6H16O3Si.C3H8.2CH3NOS/c2*1-7-5-3-2-4-6-7;1-4-7-10(8-5-2)9-6-3;1-3-2;2*2-1(3)4/h2*2-6H,1H3;10H,4-6H2,1-3H3;3H2,1-2H3;2*(H3,2,3,4). The van der Waals surface area contributed by atoms with Crippen molar-refractivity contribution in [2.24, 2.45) is 11.5 Å². The molecule has 0 bridgehead atoms. The maximum Gasteiger partial charge on any atom is 0.484 e. The van der Waals surface area contributed by atoms with Crippen LogP contribution in [-0.2, 0) is 13.3 Å². The van der Waals surface area contributed by atoms with Gasteiger partial charge in [0.2, 0.25) is 0 Å². The number of thiocarbonyl (C=S) groups is 2. The van der Waals surface area contributed by atoms with E-state index in [1.807, 2.05) is 57.2 Å². The predicted molar refractivity (Wildman–Crippen MR) is 159 cm³/mol. The van der Waals surface area contributed by atoms with Crippen molar-refractivity contribution >= 4 is 44.3 Å². The Labute approximate surface area is 225 Å². The first kappa shape index (κ1) is 40.1. The van der Waals surface area contributed by atoms with Crippen LogP contribution in [0, 0.1) is 13.8 Å². The topological polar surface area (TPSA) is 120 Å². The third-order valence-corrected chi connectivity index (χ3v) is 4.61. The minimum atomic E-state index is -1.73. The van der Waals surface area contributed by atoms with E-state index < -0.39 is 19.9 Å². The fourth-order valence-electron chi connectivity index (χ4n) is 1.62. The molecule has 0 aliphatic rings. The summed E-state index contributed by atoms with van der Waals surface area (Å²) in [6.07, 6.45) is 1.25. The van der Waals surface area contributed by atoms with Crippen LogP contribution in [0.5, 0.6) is 0 Å². The molecule has 0 aliphatic heterocycles. The first-order chi connectivity index (χ1) is 16.5. The molecule has 2 aromatic rings. The SMILES string of the molecule is CCC.CCO[SiH](OCC)OCC.Cc1ccccc1.Cc1ccccc1.NC(O)=S.NC(O)=S. The van der Waals surface area contributed by atoms with Gasteiger partial charge in [0.25, 0.3) is 10.3 Å². The molecule has 0 radical (unpaired) electrons. The number of benzene rings is 2. The molecular formula is C25H46N2O5S2Si. The van der Waals surface area contributed by atoms with E-state index in [0.717, 1.165) is 0 Å². The quantitative estimate of drug-likeness (QED) is 0.263. The minimum absolute atomic E-state index is 0.500. The molecule has 0 fully saturated rings. The minimum Gasteiger partial charge on any atom is -0.487 e. The Morgan fingerprint density at radius 3 is 0.971 bits per heavy atom. The highest BCUT2D eigenvalue weighted by molar-refractivity contribution is 7.80. The fraction of sp³-hybridized carbons (Fsp3) is 0.440. The molecule has 7 nitrogen and oxygen atoms in total. The Bertz CT molecular complexity index is 612. The van der Waals surface area contributed by atoms with Crippen molar-refractivity contribution in [3.05, 3.63) is 71.8 Å². The van der Waals surface area contributed by atoms with Crippen molar-refractivity contribution in [2.75, 3.05) is 19.8 Å². The fourth-order valence-corrected chi connectivity index (χ4v) is 2.73. The van der Waals surface area contributed by atoms with E-state index in [0.29, 0.717) is 19.8 Å². The van der Waals surface area contributed by atoms with E-state index in [-0.39, 0.29) is 0 Å². The molecule has 0 atom stereocenters. The van der Waals surface area contributed by atoms with E-state index in [2.05, 4.69) is 87.9 Å². The molecule has 2 rings (SSSR count). The zero-order valence-corrected chi connectivity index (χ0v) is 25.1. The van der Waals surface area contributed by atoms with Gasteiger partial charge in [-0.15, -0.1) is 0 Å². The molecular weight excluding hydrogens is 501 g/mol. The Morgan fingerprint density at radius 2 is 0.857 bits per heavy atom. The van der Waals surface area contributed by atoms with Crippen LogP contribution in [0.25, 0.3) is 0 Å². The lowest BCUT2D eigenvalue weighted by Gasteiger charge is -2.12. The molecule has 0 spiro atoms. The van der Waals surface area contributed by atoms with Gasteiger partial charge >= 0.3 is 9.53 Å². The second-order valence-corrected chi connectivity index (χ2v) is 8.76. The molecule has 0 aliphatic carbocycles. The van der Waals surface area contributed by atoms with Gasteiger partial charge in [0.05, 0.1) is 0 Å². The molecule has 0 aromatic heterocycles. The van der Waals surface area contributed by atoms with Gasteiger partial charge in [-0.1, -0.05) is 92.1 Å². The first-order valence-corrected chi connectivity index (χ1v) is 13.6. The van der Waals surface area contributed by atoms with Crippen molar-refractivity contribution in [3.63, 3.8) is 0 Å². The van der Waals surface area contributed by atoms with E-state index >= 15 is 0 Å². The van der Waals surface area contributed by atoms with Crippen molar-refractivity contribution in [3.8, 4) is 0 Å². The Balaban J connectivity index is -0.000000173. The highest BCUT2D eigenvalue weighted by Crippen LogP contribution is 1.93. The molecule has 0 saturated carbocycles. The Kier molecular flexibility index (Phi) is 39.1. The Hall–Kier alpha value is -2.08. The van der Waals surface area contributed by atoms with Gasteiger partial charge in [-0.3, -0.25) is 0 Å². The van der Waals surface area contributed by atoms with Crippen molar-refractivity contribution in [1.82, 2.24) is 0 Å². The maximum atomic E-state index is 7.56. The van der Waals surface area contributed by atoms with Gasteiger partial charge in [0, 0.05) is 19.8 Å². The largest absolute Gasteiger partial charge is 0.487 e. The average Bonchev–Trinajstić information content (AvgIpc) is 2.76.